The smallest absolute Gasteiger partial charge is 0.165 e. The van der Waals surface area contributed by atoms with Crippen molar-refractivity contribution in [1.29, 1.82) is 0 Å². The van der Waals surface area contributed by atoms with E-state index in [1.807, 2.05) is 0 Å². The first-order chi connectivity index (χ1) is 7.57. The summed E-state index contributed by atoms with van der Waals surface area (Å²) in [6.07, 6.45) is 1.73. The highest BCUT2D eigenvalue weighted by molar-refractivity contribution is 9.10. The lowest BCUT2D eigenvalue weighted by atomic mass is 10.1. The van der Waals surface area contributed by atoms with Crippen molar-refractivity contribution in [2.24, 2.45) is 5.73 Å². The van der Waals surface area contributed by atoms with Gasteiger partial charge in [0.1, 0.15) is 0 Å². The normalized spacial score (nSPS) is 10.5. The number of benzene rings is 1. The van der Waals surface area contributed by atoms with Gasteiger partial charge in [0.2, 0.25) is 0 Å². The zero-order chi connectivity index (χ0) is 12.1. The van der Waals surface area contributed by atoms with Crippen LogP contribution in [0.1, 0.15) is 29.6 Å². The van der Waals surface area contributed by atoms with Crippen LogP contribution in [0.3, 0.4) is 0 Å². The molecule has 0 bridgehead atoms. The second-order valence-electron chi connectivity index (χ2n) is 3.39. The predicted molar refractivity (Wildman–Crippen MR) is 66.3 cm³/mol. The van der Waals surface area contributed by atoms with E-state index in [1.54, 1.807) is 6.07 Å². The van der Waals surface area contributed by atoms with Crippen LogP contribution in [0.4, 0.5) is 4.39 Å². The molecule has 0 aromatic heterocycles. The topological polar surface area (TPSA) is 43.1 Å². The molecule has 0 heterocycles. The van der Waals surface area contributed by atoms with Crippen LogP contribution in [0.2, 0.25) is 5.02 Å². The predicted octanol–water partition coefficient (Wildman–Crippen LogP) is 3.55. The fourth-order valence-electron chi connectivity index (χ4n) is 1.31. The SMILES string of the molecule is NCCCCC(=O)c1ccc(Br)c(Cl)c1F. The van der Waals surface area contributed by atoms with Gasteiger partial charge in [0.15, 0.2) is 11.6 Å². The number of Topliss-reactive ketones (excluding diaryl/α,β-unsaturated/α-hetero) is 1. The van der Waals surface area contributed by atoms with Crippen LogP contribution in [0.5, 0.6) is 0 Å². The molecular weight excluding hydrogens is 296 g/mol. The molecule has 5 heteroatoms. The van der Waals surface area contributed by atoms with Crippen LogP contribution < -0.4 is 5.73 Å². The van der Waals surface area contributed by atoms with Crippen molar-refractivity contribution in [3.05, 3.63) is 33.0 Å². The first-order valence-corrected chi connectivity index (χ1v) is 6.11. The van der Waals surface area contributed by atoms with E-state index in [0.29, 0.717) is 23.9 Å². The largest absolute Gasteiger partial charge is 0.330 e. The number of carbonyl (C=O) groups excluding carboxylic acids is 1. The third kappa shape index (κ3) is 3.27. The van der Waals surface area contributed by atoms with E-state index < -0.39 is 5.82 Å². The average Bonchev–Trinajstić information content (AvgIpc) is 2.26. The van der Waals surface area contributed by atoms with Gasteiger partial charge in [-0.3, -0.25) is 4.79 Å². The molecule has 0 radical (unpaired) electrons. The van der Waals surface area contributed by atoms with Gasteiger partial charge in [-0.1, -0.05) is 11.6 Å². The van der Waals surface area contributed by atoms with Gasteiger partial charge in [0.25, 0.3) is 0 Å². The van der Waals surface area contributed by atoms with Crippen molar-refractivity contribution >= 4 is 33.3 Å². The third-order valence-corrected chi connectivity index (χ3v) is 3.45. The third-order valence-electron chi connectivity index (χ3n) is 2.19. The maximum Gasteiger partial charge on any atom is 0.165 e. The summed E-state index contributed by atoms with van der Waals surface area (Å²) in [7, 11) is 0. The van der Waals surface area contributed by atoms with E-state index in [0.717, 1.165) is 6.42 Å². The summed E-state index contributed by atoms with van der Waals surface area (Å²) in [5.74, 6) is -0.894. The highest BCUT2D eigenvalue weighted by Crippen LogP contribution is 2.28. The number of hydrogen-bond acceptors (Lipinski definition) is 2. The monoisotopic (exact) mass is 307 g/mol. The minimum Gasteiger partial charge on any atom is -0.330 e. The fraction of sp³-hybridized carbons (Fsp3) is 0.364. The summed E-state index contributed by atoms with van der Waals surface area (Å²) >= 11 is 8.79. The summed E-state index contributed by atoms with van der Waals surface area (Å²) in [6, 6.07) is 3.01. The van der Waals surface area contributed by atoms with E-state index in [4.69, 9.17) is 17.3 Å². The minimum absolute atomic E-state index is 0.0465. The Kier molecular flexibility index (Phi) is 5.38. The lowest BCUT2D eigenvalue weighted by Gasteiger charge is -2.05. The molecule has 0 spiro atoms. The van der Waals surface area contributed by atoms with Crippen LogP contribution in [0, 0.1) is 5.82 Å². The lowest BCUT2D eigenvalue weighted by molar-refractivity contribution is 0.0975. The van der Waals surface area contributed by atoms with Gasteiger partial charge in [-0.2, -0.15) is 0 Å². The molecule has 1 aromatic rings. The van der Waals surface area contributed by atoms with Crippen LogP contribution in [-0.4, -0.2) is 12.3 Å². The molecule has 0 fully saturated rings. The second-order valence-corrected chi connectivity index (χ2v) is 4.62. The Bertz CT molecular complexity index is 398. The molecule has 0 saturated heterocycles. The first kappa shape index (κ1) is 13.6. The summed E-state index contributed by atoms with van der Waals surface area (Å²) in [5, 5.41) is -0.0512. The lowest BCUT2D eigenvalue weighted by Crippen LogP contribution is -2.05. The molecule has 0 atom stereocenters. The highest BCUT2D eigenvalue weighted by Gasteiger charge is 2.15. The second kappa shape index (κ2) is 6.33. The van der Waals surface area contributed by atoms with Gasteiger partial charge >= 0.3 is 0 Å². The molecule has 0 unspecified atom stereocenters. The van der Waals surface area contributed by atoms with Crippen molar-refractivity contribution in [2.45, 2.75) is 19.3 Å². The number of nitrogens with two attached hydrogens (primary N) is 1. The molecule has 88 valence electrons. The molecule has 0 saturated carbocycles. The van der Waals surface area contributed by atoms with Crippen molar-refractivity contribution in [3.8, 4) is 0 Å². The summed E-state index contributed by atoms with van der Waals surface area (Å²) in [5.41, 5.74) is 5.36. The van der Waals surface area contributed by atoms with Crippen molar-refractivity contribution in [1.82, 2.24) is 0 Å². The van der Waals surface area contributed by atoms with E-state index in [1.165, 1.54) is 6.07 Å². The number of unbranched alkanes of at least 4 members (excludes halogenated alkanes) is 1. The average molecular weight is 309 g/mol. The van der Waals surface area contributed by atoms with Crippen molar-refractivity contribution in [3.63, 3.8) is 0 Å². The number of ketones is 1. The molecule has 0 aliphatic rings. The molecule has 0 amide bonds. The van der Waals surface area contributed by atoms with E-state index in [-0.39, 0.29) is 16.4 Å². The number of hydrogen-bond donors (Lipinski definition) is 1. The van der Waals surface area contributed by atoms with E-state index >= 15 is 0 Å². The number of rotatable bonds is 5. The van der Waals surface area contributed by atoms with Gasteiger partial charge in [0, 0.05) is 10.9 Å². The molecule has 2 N–H and O–H groups in total. The van der Waals surface area contributed by atoms with Gasteiger partial charge in [-0.25, -0.2) is 4.39 Å². The van der Waals surface area contributed by atoms with Gasteiger partial charge in [0.05, 0.1) is 10.6 Å². The molecule has 16 heavy (non-hydrogen) atoms. The summed E-state index contributed by atoms with van der Waals surface area (Å²) in [6.45, 7) is 0.539. The first-order valence-electron chi connectivity index (χ1n) is 4.94. The standard InChI is InChI=1S/C11H12BrClFNO/c12-8-5-4-7(11(14)10(8)13)9(16)3-1-2-6-15/h4-5H,1-3,6,15H2. The zero-order valence-corrected chi connectivity index (χ0v) is 10.9. The quantitative estimate of drug-likeness (QED) is 0.513. The Hall–Kier alpha value is -0.450. The Balaban J connectivity index is 2.80. The summed E-state index contributed by atoms with van der Waals surface area (Å²) in [4.78, 5) is 11.6. The summed E-state index contributed by atoms with van der Waals surface area (Å²) < 4.78 is 14.1. The number of halogens is 3. The Morgan fingerprint density at radius 1 is 1.44 bits per heavy atom. The van der Waals surface area contributed by atoms with Crippen LogP contribution in [-0.2, 0) is 0 Å². The van der Waals surface area contributed by atoms with Crippen molar-refractivity contribution < 1.29 is 9.18 Å². The molecule has 1 aromatic carbocycles. The van der Waals surface area contributed by atoms with E-state index in [9.17, 15) is 9.18 Å². The molecule has 0 aliphatic carbocycles. The van der Waals surface area contributed by atoms with Crippen LogP contribution >= 0.6 is 27.5 Å². The fourth-order valence-corrected chi connectivity index (χ4v) is 1.78. The van der Waals surface area contributed by atoms with Gasteiger partial charge in [-0.15, -0.1) is 0 Å². The van der Waals surface area contributed by atoms with Crippen LogP contribution in [0.15, 0.2) is 16.6 Å². The molecular formula is C11H12BrClFNO. The highest BCUT2D eigenvalue weighted by atomic mass is 79.9. The molecule has 1 rings (SSSR count). The van der Waals surface area contributed by atoms with E-state index in [2.05, 4.69) is 15.9 Å². The molecule has 2 nitrogen and oxygen atoms in total. The van der Waals surface area contributed by atoms with Gasteiger partial charge < -0.3 is 5.73 Å². The van der Waals surface area contributed by atoms with Crippen molar-refractivity contribution in [2.75, 3.05) is 6.54 Å². The minimum atomic E-state index is -0.659. The Morgan fingerprint density at radius 3 is 2.75 bits per heavy atom. The maximum atomic E-state index is 13.6. The number of carbonyl (C=O) groups is 1. The van der Waals surface area contributed by atoms with Crippen LogP contribution in [0.25, 0.3) is 0 Å². The van der Waals surface area contributed by atoms with Gasteiger partial charge in [-0.05, 0) is 47.4 Å². The zero-order valence-electron chi connectivity index (χ0n) is 8.60. The molecule has 0 aliphatic heterocycles. The Morgan fingerprint density at radius 2 is 2.12 bits per heavy atom. The maximum absolute atomic E-state index is 13.6. The Labute approximate surface area is 107 Å².